The van der Waals surface area contributed by atoms with Gasteiger partial charge in [0.1, 0.15) is 0 Å². The highest BCUT2D eigenvalue weighted by atomic mass is 16.5. The van der Waals surface area contributed by atoms with E-state index in [4.69, 9.17) is 4.74 Å². The zero-order valence-electron chi connectivity index (χ0n) is 9.01. The molecule has 0 spiro atoms. The molecular weight excluding hydrogens is 178 g/mol. The average molecular weight is 197 g/mol. The molecule has 14 heavy (non-hydrogen) atoms. The van der Waals surface area contributed by atoms with Crippen LogP contribution in [-0.2, 0) is 9.53 Å². The highest BCUT2D eigenvalue weighted by molar-refractivity contribution is 5.92. The Hall–Kier alpha value is -0.830. The van der Waals surface area contributed by atoms with Crippen LogP contribution in [0.15, 0.2) is 11.8 Å². The monoisotopic (exact) mass is 197 g/mol. The molecule has 1 aliphatic carbocycles. The predicted octanol–water partition coefficient (Wildman–Crippen LogP) is 1.50. The molecule has 0 amide bonds. The van der Waals surface area contributed by atoms with Gasteiger partial charge in [0.05, 0.1) is 6.61 Å². The van der Waals surface area contributed by atoms with Crippen molar-refractivity contribution in [3.8, 4) is 0 Å². The first-order valence-corrected chi connectivity index (χ1v) is 5.23. The van der Waals surface area contributed by atoms with E-state index < -0.39 is 0 Å². The minimum Gasteiger partial charge on any atom is -0.386 e. The van der Waals surface area contributed by atoms with E-state index in [-0.39, 0.29) is 5.78 Å². The van der Waals surface area contributed by atoms with Gasteiger partial charge < -0.3 is 10.1 Å². The van der Waals surface area contributed by atoms with Gasteiger partial charge in [-0.1, -0.05) is 13.8 Å². The zero-order valence-corrected chi connectivity index (χ0v) is 9.01. The van der Waals surface area contributed by atoms with Crippen molar-refractivity contribution in [1.29, 1.82) is 0 Å². The molecule has 0 aromatic rings. The summed E-state index contributed by atoms with van der Waals surface area (Å²) >= 11 is 0. The summed E-state index contributed by atoms with van der Waals surface area (Å²) in [5.74, 6) is 0.817. The summed E-state index contributed by atoms with van der Waals surface area (Å²) < 4.78 is 5.41. The molecule has 3 heteroatoms. The van der Waals surface area contributed by atoms with E-state index in [1.807, 2.05) is 0 Å². The summed E-state index contributed by atoms with van der Waals surface area (Å²) in [6, 6.07) is 0. The molecule has 1 N–H and O–H groups in total. The van der Waals surface area contributed by atoms with E-state index in [9.17, 15) is 4.79 Å². The van der Waals surface area contributed by atoms with Crippen LogP contribution in [-0.4, -0.2) is 25.5 Å². The lowest BCUT2D eigenvalue weighted by Crippen LogP contribution is -2.19. The van der Waals surface area contributed by atoms with Crippen LogP contribution < -0.4 is 5.32 Å². The van der Waals surface area contributed by atoms with Crippen molar-refractivity contribution in [2.24, 2.45) is 5.92 Å². The number of hydrogen-bond acceptors (Lipinski definition) is 3. The van der Waals surface area contributed by atoms with Crippen molar-refractivity contribution in [2.45, 2.75) is 26.7 Å². The van der Waals surface area contributed by atoms with Crippen molar-refractivity contribution >= 4 is 5.78 Å². The Morgan fingerprint density at radius 1 is 1.50 bits per heavy atom. The number of ether oxygens (including phenoxy) is 1. The summed E-state index contributed by atoms with van der Waals surface area (Å²) in [4.78, 5) is 10.9. The number of ketones is 1. The van der Waals surface area contributed by atoms with Gasteiger partial charge in [-0.2, -0.15) is 0 Å². The Morgan fingerprint density at radius 2 is 2.29 bits per heavy atom. The summed E-state index contributed by atoms with van der Waals surface area (Å²) in [6.45, 7) is 6.58. The Morgan fingerprint density at radius 3 is 2.86 bits per heavy atom. The van der Waals surface area contributed by atoms with Gasteiger partial charge in [-0.15, -0.1) is 0 Å². The van der Waals surface area contributed by atoms with Crippen LogP contribution in [0.2, 0.25) is 0 Å². The van der Waals surface area contributed by atoms with E-state index in [1.165, 1.54) is 0 Å². The molecule has 0 radical (unpaired) electrons. The molecule has 0 aromatic carbocycles. The van der Waals surface area contributed by atoms with E-state index in [0.29, 0.717) is 18.9 Å². The first-order chi connectivity index (χ1) is 6.68. The van der Waals surface area contributed by atoms with Crippen LogP contribution in [0.25, 0.3) is 0 Å². The Balaban J connectivity index is 1.99. The fourth-order valence-corrected chi connectivity index (χ4v) is 1.34. The van der Waals surface area contributed by atoms with E-state index in [0.717, 1.165) is 25.3 Å². The molecule has 0 aromatic heterocycles. The lowest BCUT2D eigenvalue weighted by molar-refractivity contribution is -0.114. The van der Waals surface area contributed by atoms with Crippen molar-refractivity contribution in [2.75, 3.05) is 19.8 Å². The second-order valence-electron chi connectivity index (χ2n) is 4.03. The fraction of sp³-hybridized carbons (Fsp3) is 0.727. The number of allylic oxidation sites excluding steroid dienone is 2. The smallest absolute Gasteiger partial charge is 0.157 e. The standard InChI is InChI=1S/C11H19NO2/c1-9(2)8-14-6-5-12-10-3-4-11(13)7-10/h7,9,12H,3-6,8H2,1-2H3. The molecule has 80 valence electrons. The quantitative estimate of drug-likeness (QED) is 0.656. The maximum absolute atomic E-state index is 10.9. The van der Waals surface area contributed by atoms with Crippen molar-refractivity contribution in [1.82, 2.24) is 5.32 Å². The van der Waals surface area contributed by atoms with Crippen molar-refractivity contribution < 1.29 is 9.53 Å². The zero-order chi connectivity index (χ0) is 10.4. The summed E-state index contributed by atoms with van der Waals surface area (Å²) in [6.07, 6.45) is 3.22. The molecule has 3 nitrogen and oxygen atoms in total. The molecule has 1 rings (SSSR count). The topological polar surface area (TPSA) is 38.3 Å². The Bertz CT molecular complexity index is 221. The van der Waals surface area contributed by atoms with Crippen LogP contribution in [0, 0.1) is 5.92 Å². The van der Waals surface area contributed by atoms with Gasteiger partial charge in [-0.25, -0.2) is 0 Å². The highest BCUT2D eigenvalue weighted by Crippen LogP contribution is 2.10. The van der Waals surface area contributed by atoms with E-state index in [2.05, 4.69) is 19.2 Å². The third-order valence-electron chi connectivity index (χ3n) is 2.03. The van der Waals surface area contributed by atoms with Crippen molar-refractivity contribution in [3.63, 3.8) is 0 Å². The molecule has 0 heterocycles. The van der Waals surface area contributed by atoms with Crippen LogP contribution in [0.5, 0.6) is 0 Å². The normalized spacial score (nSPS) is 16.2. The number of hydrogen-bond donors (Lipinski definition) is 1. The van der Waals surface area contributed by atoms with Crippen LogP contribution >= 0.6 is 0 Å². The second-order valence-corrected chi connectivity index (χ2v) is 4.03. The van der Waals surface area contributed by atoms with Gasteiger partial charge in [0.25, 0.3) is 0 Å². The second kappa shape index (κ2) is 5.81. The van der Waals surface area contributed by atoms with Gasteiger partial charge in [-0.3, -0.25) is 4.79 Å². The predicted molar refractivity (Wildman–Crippen MR) is 56.0 cm³/mol. The molecule has 0 unspecified atom stereocenters. The Labute approximate surface area is 85.5 Å². The first kappa shape index (κ1) is 11.2. The average Bonchev–Trinajstić information content (AvgIpc) is 2.50. The lowest BCUT2D eigenvalue weighted by atomic mass is 10.2. The van der Waals surface area contributed by atoms with Crippen LogP contribution in [0.1, 0.15) is 26.7 Å². The molecule has 1 aliphatic rings. The molecule has 0 atom stereocenters. The largest absolute Gasteiger partial charge is 0.386 e. The number of carbonyl (C=O) groups excluding carboxylic acids is 1. The van der Waals surface area contributed by atoms with Gasteiger partial charge >= 0.3 is 0 Å². The maximum Gasteiger partial charge on any atom is 0.157 e. The minimum atomic E-state index is 0.232. The molecule has 0 bridgehead atoms. The molecule has 0 saturated carbocycles. The highest BCUT2D eigenvalue weighted by Gasteiger charge is 2.10. The summed E-state index contributed by atoms with van der Waals surface area (Å²) in [5.41, 5.74) is 1.06. The van der Waals surface area contributed by atoms with E-state index in [1.54, 1.807) is 6.08 Å². The van der Waals surface area contributed by atoms with Gasteiger partial charge in [0.15, 0.2) is 5.78 Å². The van der Waals surface area contributed by atoms with Crippen LogP contribution in [0.4, 0.5) is 0 Å². The first-order valence-electron chi connectivity index (χ1n) is 5.23. The number of rotatable bonds is 6. The SMILES string of the molecule is CC(C)COCCNC1=CC(=O)CC1. The third-order valence-corrected chi connectivity index (χ3v) is 2.03. The number of nitrogens with one attached hydrogen (secondary N) is 1. The molecule has 0 aliphatic heterocycles. The fourth-order valence-electron chi connectivity index (χ4n) is 1.34. The van der Waals surface area contributed by atoms with Crippen molar-refractivity contribution in [3.05, 3.63) is 11.8 Å². The molecular formula is C11H19NO2. The van der Waals surface area contributed by atoms with Gasteiger partial charge in [-0.05, 0) is 12.3 Å². The van der Waals surface area contributed by atoms with Gasteiger partial charge in [0, 0.05) is 31.3 Å². The number of carbonyl (C=O) groups is 1. The maximum atomic E-state index is 10.9. The lowest BCUT2D eigenvalue weighted by Gasteiger charge is -2.08. The van der Waals surface area contributed by atoms with Gasteiger partial charge in [0.2, 0.25) is 0 Å². The third kappa shape index (κ3) is 4.42. The van der Waals surface area contributed by atoms with E-state index >= 15 is 0 Å². The molecule has 0 fully saturated rings. The summed E-state index contributed by atoms with van der Waals surface area (Å²) in [5, 5.41) is 3.20. The summed E-state index contributed by atoms with van der Waals surface area (Å²) in [7, 11) is 0. The Kier molecular flexibility index (Phi) is 4.66. The minimum absolute atomic E-state index is 0.232. The van der Waals surface area contributed by atoms with Crippen LogP contribution in [0.3, 0.4) is 0 Å². The molecule has 0 saturated heterocycles.